The molecule has 0 atom stereocenters. The average molecular weight is 351 g/mol. The summed E-state index contributed by atoms with van der Waals surface area (Å²) in [6.45, 7) is 13.3. The molecule has 0 saturated carbocycles. The molecule has 0 aromatic carbocycles. The Hall–Kier alpha value is -1.14. The SMILES string of the molecule is CSc1nc(C)c(CCC(=O)N2CCN(CC(C)C)CC2)c(C)n1. The predicted molar refractivity (Wildman–Crippen MR) is 99.5 cm³/mol. The van der Waals surface area contributed by atoms with Crippen molar-refractivity contribution >= 4 is 17.7 Å². The van der Waals surface area contributed by atoms with Gasteiger partial charge >= 0.3 is 0 Å². The summed E-state index contributed by atoms with van der Waals surface area (Å²) in [4.78, 5) is 26.0. The van der Waals surface area contributed by atoms with E-state index in [-0.39, 0.29) is 5.91 Å². The summed E-state index contributed by atoms with van der Waals surface area (Å²) in [7, 11) is 0. The Morgan fingerprint density at radius 2 is 1.71 bits per heavy atom. The number of aryl methyl sites for hydroxylation is 2. The summed E-state index contributed by atoms with van der Waals surface area (Å²) >= 11 is 1.56. The van der Waals surface area contributed by atoms with Gasteiger partial charge in [-0.3, -0.25) is 9.69 Å². The van der Waals surface area contributed by atoms with Crippen molar-refractivity contribution < 1.29 is 4.79 Å². The second kappa shape index (κ2) is 8.81. The van der Waals surface area contributed by atoms with Gasteiger partial charge in [-0.1, -0.05) is 25.6 Å². The van der Waals surface area contributed by atoms with Crippen LogP contribution in [0.2, 0.25) is 0 Å². The number of rotatable bonds is 6. The first-order valence-corrected chi connectivity index (χ1v) is 10.0. The maximum absolute atomic E-state index is 12.5. The van der Waals surface area contributed by atoms with E-state index in [4.69, 9.17) is 0 Å². The number of piperazine rings is 1. The summed E-state index contributed by atoms with van der Waals surface area (Å²) in [6.07, 6.45) is 3.27. The molecule has 1 aromatic heterocycles. The number of aromatic nitrogens is 2. The molecule has 1 aliphatic rings. The van der Waals surface area contributed by atoms with Crippen molar-refractivity contribution in [1.82, 2.24) is 19.8 Å². The van der Waals surface area contributed by atoms with Crippen molar-refractivity contribution in [3.05, 3.63) is 17.0 Å². The monoisotopic (exact) mass is 350 g/mol. The third-order valence-electron chi connectivity index (χ3n) is 4.52. The van der Waals surface area contributed by atoms with Gasteiger partial charge in [-0.15, -0.1) is 0 Å². The Bertz CT molecular complexity index is 545. The fourth-order valence-corrected chi connectivity index (χ4v) is 3.70. The van der Waals surface area contributed by atoms with Crippen molar-refractivity contribution in [3.8, 4) is 0 Å². The molecule has 1 aromatic rings. The molecule has 2 heterocycles. The van der Waals surface area contributed by atoms with Gasteiger partial charge in [0, 0.05) is 50.5 Å². The molecule has 1 aliphatic heterocycles. The molecule has 24 heavy (non-hydrogen) atoms. The number of hydrogen-bond donors (Lipinski definition) is 0. The number of carbonyl (C=O) groups excluding carboxylic acids is 1. The van der Waals surface area contributed by atoms with Crippen LogP contribution in [0.4, 0.5) is 0 Å². The lowest BCUT2D eigenvalue weighted by atomic mass is 10.1. The van der Waals surface area contributed by atoms with E-state index in [9.17, 15) is 4.79 Å². The molecule has 0 N–H and O–H groups in total. The highest BCUT2D eigenvalue weighted by Crippen LogP contribution is 2.18. The predicted octanol–water partition coefficient (Wildman–Crippen LogP) is 2.55. The molecule has 0 radical (unpaired) electrons. The number of carbonyl (C=O) groups is 1. The second-order valence-electron chi connectivity index (χ2n) is 6.93. The van der Waals surface area contributed by atoms with Gasteiger partial charge in [-0.05, 0) is 38.0 Å². The first-order valence-electron chi connectivity index (χ1n) is 8.79. The van der Waals surface area contributed by atoms with Gasteiger partial charge in [0.1, 0.15) is 0 Å². The maximum Gasteiger partial charge on any atom is 0.222 e. The lowest BCUT2D eigenvalue weighted by Crippen LogP contribution is -2.49. The van der Waals surface area contributed by atoms with Crippen LogP contribution in [0.5, 0.6) is 0 Å². The Kier molecular flexibility index (Phi) is 7.04. The Morgan fingerprint density at radius 3 is 2.21 bits per heavy atom. The van der Waals surface area contributed by atoms with Crippen molar-refractivity contribution in [2.45, 2.75) is 45.7 Å². The van der Waals surface area contributed by atoms with Gasteiger partial charge in [0.25, 0.3) is 0 Å². The summed E-state index contributed by atoms with van der Waals surface area (Å²) in [6, 6.07) is 0. The largest absolute Gasteiger partial charge is 0.340 e. The van der Waals surface area contributed by atoms with Crippen molar-refractivity contribution in [3.63, 3.8) is 0 Å². The number of nitrogens with zero attached hydrogens (tertiary/aromatic N) is 4. The Morgan fingerprint density at radius 1 is 1.12 bits per heavy atom. The standard InChI is InChI=1S/C18H30N4OS/c1-13(2)12-21-8-10-22(11-9-21)17(23)7-6-16-14(3)19-18(24-5)20-15(16)4/h13H,6-12H2,1-5H3. The Labute approximate surface area is 150 Å². The lowest BCUT2D eigenvalue weighted by molar-refractivity contribution is -0.132. The zero-order valence-electron chi connectivity index (χ0n) is 15.6. The van der Waals surface area contributed by atoms with Crippen molar-refractivity contribution in [2.75, 3.05) is 39.0 Å². The van der Waals surface area contributed by atoms with Crippen LogP contribution in [0.15, 0.2) is 5.16 Å². The van der Waals surface area contributed by atoms with Crippen LogP contribution in [-0.4, -0.2) is 64.7 Å². The molecule has 1 fully saturated rings. The molecular weight excluding hydrogens is 320 g/mol. The van der Waals surface area contributed by atoms with E-state index in [0.717, 1.165) is 61.3 Å². The molecule has 0 bridgehead atoms. The zero-order chi connectivity index (χ0) is 17.7. The minimum atomic E-state index is 0.256. The van der Waals surface area contributed by atoms with Crippen molar-refractivity contribution in [1.29, 1.82) is 0 Å². The third-order valence-corrected chi connectivity index (χ3v) is 5.07. The van der Waals surface area contributed by atoms with Gasteiger partial charge in [0.15, 0.2) is 5.16 Å². The molecule has 2 rings (SSSR count). The average Bonchev–Trinajstić information content (AvgIpc) is 2.53. The van der Waals surface area contributed by atoms with Gasteiger partial charge in [0.05, 0.1) is 0 Å². The molecule has 1 amide bonds. The lowest BCUT2D eigenvalue weighted by Gasteiger charge is -2.35. The third kappa shape index (κ3) is 5.18. The molecule has 0 spiro atoms. The molecule has 1 saturated heterocycles. The number of hydrogen-bond acceptors (Lipinski definition) is 5. The molecule has 0 unspecified atom stereocenters. The van der Waals surface area contributed by atoms with Crippen LogP contribution in [-0.2, 0) is 11.2 Å². The van der Waals surface area contributed by atoms with E-state index in [1.807, 2.05) is 25.0 Å². The minimum absolute atomic E-state index is 0.256. The highest BCUT2D eigenvalue weighted by atomic mass is 32.2. The van der Waals surface area contributed by atoms with Crippen LogP contribution in [0.25, 0.3) is 0 Å². The molecule has 5 nitrogen and oxygen atoms in total. The fraction of sp³-hybridized carbons (Fsp3) is 0.722. The van der Waals surface area contributed by atoms with E-state index in [0.29, 0.717) is 12.3 Å². The second-order valence-corrected chi connectivity index (χ2v) is 7.71. The van der Waals surface area contributed by atoms with E-state index in [1.54, 1.807) is 11.8 Å². The first-order chi connectivity index (χ1) is 11.4. The zero-order valence-corrected chi connectivity index (χ0v) is 16.4. The van der Waals surface area contributed by atoms with Gasteiger partial charge in [-0.2, -0.15) is 0 Å². The van der Waals surface area contributed by atoms with Crippen LogP contribution in [0, 0.1) is 19.8 Å². The van der Waals surface area contributed by atoms with E-state index in [2.05, 4.69) is 28.7 Å². The molecule has 6 heteroatoms. The van der Waals surface area contributed by atoms with E-state index in [1.165, 1.54) is 0 Å². The Balaban J connectivity index is 1.86. The summed E-state index contributed by atoms with van der Waals surface area (Å²) in [5.41, 5.74) is 3.13. The van der Waals surface area contributed by atoms with Crippen LogP contribution in [0.1, 0.15) is 37.2 Å². The molecule has 0 aliphatic carbocycles. The number of thioether (sulfide) groups is 1. The first kappa shape index (κ1) is 19.2. The molecule has 134 valence electrons. The highest BCUT2D eigenvalue weighted by molar-refractivity contribution is 7.98. The van der Waals surface area contributed by atoms with Crippen LogP contribution >= 0.6 is 11.8 Å². The van der Waals surface area contributed by atoms with E-state index >= 15 is 0 Å². The fourth-order valence-electron chi connectivity index (χ4n) is 3.25. The summed E-state index contributed by atoms with van der Waals surface area (Å²) < 4.78 is 0. The van der Waals surface area contributed by atoms with Gasteiger partial charge < -0.3 is 4.90 Å². The smallest absolute Gasteiger partial charge is 0.222 e. The quantitative estimate of drug-likeness (QED) is 0.583. The summed E-state index contributed by atoms with van der Waals surface area (Å²) in [5.74, 6) is 0.939. The minimum Gasteiger partial charge on any atom is -0.340 e. The highest BCUT2D eigenvalue weighted by Gasteiger charge is 2.21. The van der Waals surface area contributed by atoms with Gasteiger partial charge in [-0.25, -0.2) is 9.97 Å². The van der Waals surface area contributed by atoms with Gasteiger partial charge in [0.2, 0.25) is 5.91 Å². The normalized spacial score (nSPS) is 16.0. The topological polar surface area (TPSA) is 49.3 Å². The maximum atomic E-state index is 12.5. The number of amides is 1. The molecular formula is C18H30N4OS. The van der Waals surface area contributed by atoms with Crippen LogP contribution in [0.3, 0.4) is 0 Å². The summed E-state index contributed by atoms with van der Waals surface area (Å²) in [5, 5.41) is 0.807. The van der Waals surface area contributed by atoms with E-state index < -0.39 is 0 Å². The van der Waals surface area contributed by atoms with Crippen molar-refractivity contribution in [2.24, 2.45) is 5.92 Å². The van der Waals surface area contributed by atoms with Crippen LogP contribution < -0.4 is 0 Å².